The van der Waals surface area contributed by atoms with E-state index in [2.05, 4.69) is 17.1 Å². The van der Waals surface area contributed by atoms with Crippen LogP contribution in [0.25, 0.3) is 0 Å². The van der Waals surface area contributed by atoms with E-state index in [4.69, 9.17) is 5.84 Å². The second kappa shape index (κ2) is 4.86. The molecule has 2 N–H and O–H groups in total. The average molecular weight is 200 g/mol. The van der Waals surface area contributed by atoms with E-state index in [0.29, 0.717) is 5.16 Å². The van der Waals surface area contributed by atoms with Crippen LogP contribution in [0.15, 0.2) is 16.1 Å². The summed E-state index contributed by atoms with van der Waals surface area (Å²) in [7, 11) is 0. The van der Waals surface area contributed by atoms with Crippen LogP contribution in [-0.4, -0.2) is 20.6 Å². The van der Waals surface area contributed by atoms with Gasteiger partial charge in [-0.15, -0.1) is 5.10 Å². The van der Waals surface area contributed by atoms with E-state index in [-0.39, 0.29) is 5.56 Å². The Labute approximate surface area is 80.3 Å². The molecule has 6 heteroatoms. The summed E-state index contributed by atoms with van der Waals surface area (Å²) in [6.07, 6.45) is 3.29. The fourth-order valence-electron chi connectivity index (χ4n) is 0.738. The van der Waals surface area contributed by atoms with Crippen molar-refractivity contribution in [3.63, 3.8) is 0 Å². The highest BCUT2D eigenvalue weighted by atomic mass is 32.2. The molecular weight excluding hydrogens is 188 g/mol. The normalized spacial score (nSPS) is 10.2. The Morgan fingerprint density at radius 3 is 3.15 bits per heavy atom. The number of aromatic nitrogens is 3. The van der Waals surface area contributed by atoms with E-state index in [1.807, 2.05) is 0 Å². The summed E-state index contributed by atoms with van der Waals surface area (Å²) in [4.78, 5) is 11.0. The van der Waals surface area contributed by atoms with Gasteiger partial charge in [0, 0.05) is 5.75 Å². The van der Waals surface area contributed by atoms with Crippen molar-refractivity contribution >= 4 is 11.8 Å². The van der Waals surface area contributed by atoms with Gasteiger partial charge in [-0.3, -0.25) is 4.79 Å². The lowest BCUT2D eigenvalue weighted by Gasteiger charge is -2.02. The maximum atomic E-state index is 11.0. The molecule has 0 atom stereocenters. The van der Waals surface area contributed by atoms with E-state index in [1.54, 1.807) is 0 Å². The van der Waals surface area contributed by atoms with Gasteiger partial charge in [-0.1, -0.05) is 25.1 Å². The minimum absolute atomic E-state index is 0.325. The van der Waals surface area contributed by atoms with Gasteiger partial charge in [-0.05, 0) is 6.42 Å². The Kier molecular flexibility index (Phi) is 3.75. The smallest absolute Gasteiger partial charge is 0.291 e. The third-order valence-corrected chi connectivity index (χ3v) is 2.51. The summed E-state index contributed by atoms with van der Waals surface area (Å²) in [6.45, 7) is 2.10. The standard InChI is InChI=1S/C7H12N4OS/c1-2-3-4-13-7-10-9-5-6(12)11(7)8/h5H,2-4,8H2,1H3. The molecule has 1 rings (SSSR count). The number of rotatable bonds is 4. The molecule has 0 spiro atoms. The van der Waals surface area contributed by atoms with Crippen LogP contribution in [0.1, 0.15) is 19.8 Å². The van der Waals surface area contributed by atoms with Crippen LogP contribution in [-0.2, 0) is 0 Å². The Balaban J connectivity index is 2.66. The molecule has 0 unspecified atom stereocenters. The monoisotopic (exact) mass is 200 g/mol. The quantitative estimate of drug-likeness (QED) is 0.428. The van der Waals surface area contributed by atoms with E-state index < -0.39 is 0 Å². The number of thioether (sulfide) groups is 1. The lowest BCUT2D eigenvalue weighted by atomic mass is 10.4. The zero-order valence-corrected chi connectivity index (χ0v) is 8.25. The first-order chi connectivity index (χ1) is 6.25. The number of nitrogens with two attached hydrogens (primary N) is 1. The van der Waals surface area contributed by atoms with Crippen LogP contribution in [0, 0.1) is 0 Å². The molecule has 0 saturated carbocycles. The van der Waals surface area contributed by atoms with Gasteiger partial charge in [0.1, 0.15) is 6.20 Å². The molecule has 1 aromatic rings. The number of unbranched alkanes of at least 4 members (excludes halogenated alkanes) is 1. The Morgan fingerprint density at radius 2 is 2.46 bits per heavy atom. The zero-order chi connectivity index (χ0) is 9.68. The van der Waals surface area contributed by atoms with Gasteiger partial charge in [-0.25, -0.2) is 0 Å². The van der Waals surface area contributed by atoms with Gasteiger partial charge in [0.05, 0.1) is 0 Å². The van der Waals surface area contributed by atoms with Crippen LogP contribution < -0.4 is 11.4 Å². The highest BCUT2D eigenvalue weighted by Crippen LogP contribution is 2.12. The predicted octanol–water partition coefficient (Wildman–Crippen LogP) is 0.244. The van der Waals surface area contributed by atoms with Gasteiger partial charge < -0.3 is 5.84 Å². The molecule has 0 aliphatic carbocycles. The second-order valence-electron chi connectivity index (χ2n) is 2.54. The first-order valence-electron chi connectivity index (χ1n) is 4.08. The second-order valence-corrected chi connectivity index (χ2v) is 3.60. The van der Waals surface area contributed by atoms with Gasteiger partial charge in [-0.2, -0.15) is 9.77 Å². The van der Waals surface area contributed by atoms with E-state index in [0.717, 1.165) is 29.5 Å². The SMILES string of the molecule is CCCCSc1nncc(=O)n1N. The van der Waals surface area contributed by atoms with Crippen molar-refractivity contribution in [2.45, 2.75) is 24.9 Å². The van der Waals surface area contributed by atoms with Crippen molar-refractivity contribution in [2.24, 2.45) is 0 Å². The van der Waals surface area contributed by atoms with Crippen LogP contribution in [0.5, 0.6) is 0 Å². The Bertz CT molecular complexity index is 325. The third-order valence-electron chi connectivity index (χ3n) is 1.48. The molecule has 0 bridgehead atoms. The van der Waals surface area contributed by atoms with E-state index in [1.165, 1.54) is 11.8 Å². The fraction of sp³-hybridized carbons (Fsp3) is 0.571. The molecular formula is C7H12N4OS. The van der Waals surface area contributed by atoms with Gasteiger partial charge in [0.25, 0.3) is 5.56 Å². The summed E-state index contributed by atoms with van der Waals surface area (Å²) in [5.74, 6) is 6.35. The van der Waals surface area contributed by atoms with Crippen molar-refractivity contribution in [1.82, 2.24) is 14.9 Å². The number of hydrogen-bond donors (Lipinski definition) is 1. The summed E-state index contributed by atoms with van der Waals surface area (Å²) < 4.78 is 1.02. The maximum Gasteiger partial charge on any atom is 0.291 e. The van der Waals surface area contributed by atoms with Crippen molar-refractivity contribution in [2.75, 3.05) is 11.6 Å². The van der Waals surface area contributed by atoms with Crippen LogP contribution in [0.3, 0.4) is 0 Å². The molecule has 5 nitrogen and oxygen atoms in total. The minimum Gasteiger partial charge on any atom is -0.334 e. The third kappa shape index (κ3) is 2.73. The topological polar surface area (TPSA) is 73.8 Å². The molecule has 0 saturated heterocycles. The van der Waals surface area contributed by atoms with Crippen molar-refractivity contribution in [3.8, 4) is 0 Å². The summed E-state index contributed by atoms with van der Waals surface area (Å²) in [6, 6.07) is 0. The highest BCUT2D eigenvalue weighted by Gasteiger charge is 2.02. The van der Waals surface area contributed by atoms with Crippen molar-refractivity contribution in [3.05, 3.63) is 16.6 Å². The Morgan fingerprint density at radius 1 is 1.69 bits per heavy atom. The summed E-state index contributed by atoms with van der Waals surface area (Å²) in [5.41, 5.74) is -0.325. The zero-order valence-electron chi connectivity index (χ0n) is 7.43. The molecule has 0 aromatic carbocycles. The number of nitrogens with zero attached hydrogens (tertiary/aromatic N) is 3. The lowest BCUT2D eigenvalue weighted by molar-refractivity contribution is 0.697. The molecule has 0 aliphatic heterocycles. The lowest BCUT2D eigenvalue weighted by Crippen LogP contribution is -2.29. The summed E-state index contributed by atoms with van der Waals surface area (Å²) in [5, 5.41) is 7.77. The largest absolute Gasteiger partial charge is 0.334 e. The number of hydrogen-bond acceptors (Lipinski definition) is 5. The van der Waals surface area contributed by atoms with Crippen LogP contribution >= 0.6 is 11.8 Å². The van der Waals surface area contributed by atoms with Crippen molar-refractivity contribution < 1.29 is 0 Å². The van der Waals surface area contributed by atoms with Gasteiger partial charge in [0.15, 0.2) is 0 Å². The molecule has 0 fully saturated rings. The van der Waals surface area contributed by atoms with Crippen LogP contribution in [0.4, 0.5) is 0 Å². The van der Waals surface area contributed by atoms with Gasteiger partial charge >= 0.3 is 0 Å². The first kappa shape index (κ1) is 10.0. The fourth-order valence-corrected chi connectivity index (χ4v) is 1.69. The molecule has 0 amide bonds. The average Bonchev–Trinajstić information content (AvgIpc) is 2.13. The maximum absolute atomic E-state index is 11.0. The molecule has 0 aliphatic rings. The predicted molar refractivity (Wildman–Crippen MR) is 52.1 cm³/mol. The van der Waals surface area contributed by atoms with Crippen LogP contribution in [0.2, 0.25) is 0 Å². The number of nitrogen functional groups attached to an aromatic ring is 1. The highest BCUT2D eigenvalue weighted by molar-refractivity contribution is 7.99. The van der Waals surface area contributed by atoms with E-state index >= 15 is 0 Å². The molecule has 0 radical (unpaired) electrons. The minimum atomic E-state index is -0.325. The van der Waals surface area contributed by atoms with E-state index in [9.17, 15) is 4.79 Å². The van der Waals surface area contributed by atoms with Gasteiger partial charge in [0.2, 0.25) is 5.16 Å². The Hall–Kier alpha value is -1.04. The van der Waals surface area contributed by atoms with Crippen molar-refractivity contribution in [1.29, 1.82) is 0 Å². The summed E-state index contributed by atoms with van der Waals surface area (Å²) >= 11 is 1.45. The first-order valence-corrected chi connectivity index (χ1v) is 5.07. The molecule has 1 aromatic heterocycles. The molecule has 1 heterocycles. The molecule has 13 heavy (non-hydrogen) atoms. The molecule has 72 valence electrons.